The molecule has 2 unspecified atom stereocenters. The maximum absolute atomic E-state index is 6.06. The molecule has 0 amide bonds. The van der Waals surface area contributed by atoms with Crippen LogP contribution < -0.4 is 0 Å². The Balaban J connectivity index is 1.34. The molecule has 2 aliphatic carbocycles. The summed E-state index contributed by atoms with van der Waals surface area (Å²) < 4.78 is 6.06. The summed E-state index contributed by atoms with van der Waals surface area (Å²) in [6.45, 7) is 5.65. The molecule has 0 N–H and O–H groups in total. The van der Waals surface area contributed by atoms with Gasteiger partial charge < -0.3 is 4.74 Å². The molecule has 2 atom stereocenters. The van der Waals surface area contributed by atoms with Gasteiger partial charge in [-0.05, 0) is 100 Å². The Morgan fingerprint density at radius 1 is 0.720 bits per heavy atom. The van der Waals surface area contributed by atoms with Gasteiger partial charge in [-0.2, -0.15) is 0 Å². The second-order valence-corrected chi connectivity index (χ2v) is 9.33. The van der Waals surface area contributed by atoms with Gasteiger partial charge in [0.1, 0.15) is 0 Å². The summed E-state index contributed by atoms with van der Waals surface area (Å²) in [7, 11) is 0. The highest BCUT2D eigenvalue weighted by Gasteiger charge is 2.30. The lowest BCUT2D eigenvalue weighted by atomic mass is 9.73. The molecule has 0 bridgehead atoms. The highest BCUT2D eigenvalue weighted by Crippen LogP contribution is 2.39. The zero-order valence-corrected chi connectivity index (χ0v) is 16.9. The molecule has 1 heterocycles. The van der Waals surface area contributed by atoms with Crippen LogP contribution in [0.4, 0.5) is 0 Å². The van der Waals surface area contributed by atoms with Gasteiger partial charge in [-0.15, -0.1) is 0 Å². The third kappa shape index (κ3) is 5.84. The highest BCUT2D eigenvalue weighted by molar-refractivity contribution is 4.96. The van der Waals surface area contributed by atoms with Crippen LogP contribution in [-0.2, 0) is 4.74 Å². The molecular formula is C24H42O. The van der Waals surface area contributed by atoms with Crippen molar-refractivity contribution in [3.63, 3.8) is 0 Å². The fourth-order valence-corrected chi connectivity index (χ4v) is 5.72. The lowest BCUT2D eigenvalue weighted by Crippen LogP contribution is -2.32. The molecule has 3 fully saturated rings. The van der Waals surface area contributed by atoms with E-state index in [2.05, 4.69) is 26.0 Å². The first-order valence-corrected chi connectivity index (χ1v) is 11.6. The zero-order chi connectivity index (χ0) is 17.5. The molecule has 0 aromatic rings. The van der Waals surface area contributed by atoms with Crippen molar-refractivity contribution >= 4 is 0 Å². The number of hydrogen-bond donors (Lipinski definition) is 0. The normalized spacial score (nSPS) is 40.4. The van der Waals surface area contributed by atoms with Gasteiger partial charge in [0.05, 0.1) is 12.7 Å². The van der Waals surface area contributed by atoms with Crippen molar-refractivity contribution in [2.75, 3.05) is 6.61 Å². The minimum Gasteiger partial charge on any atom is -0.378 e. The van der Waals surface area contributed by atoms with Crippen molar-refractivity contribution < 1.29 is 4.74 Å². The van der Waals surface area contributed by atoms with Gasteiger partial charge >= 0.3 is 0 Å². The third-order valence-corrected chi connectivity index (χ3v) is 7.59. The topological polar surface area (TPSA) is 9.23 Å². The Morgan fingerprint density at radius 3 is 1.84 bits per heavy atom. The van der Waals surface area contributed by atoms with Crippen LogP contribution in [0.3, 0.4) is 0 Å². The van der Waals surface area contributed by atoms with Crippen LogP contribution in [-0.4, -0.2) is 12.7 Å². The minimum atomic E-state index is 0.558. The SMILES string of the molecule is CCCC1CCC(C=CC2CCC(C3CCC(CC)OC3)CC2)CC1. The Morgan fingerprint density at radius 2 is 1.32 bits per heavy atom. The molecule has 0 spiro atoms. The quantitative estimate of drug-likeness (QED) is 0.463. The van der Waals surface area contributed by atoms with Gasteiger partial charge in [0, 0.05) is 0 Å². The molecule has 1 nitrogen and oxygen atoms in total. The van der Waals surface area contributed by atoms with E-state index in [-0.39, 0.29) is 0 Å². The minimum absolute atomic E-state index is 0.558. The largest absolute Gasteiger partial charge is 0.378 e. The summed E-state index contributed by atoms with van der Waals surface area (Å²) in [6, 6.07) is 0. The Labute approximate surface area is 157 Å². The van der Waals surface area contributed by atoms with E-state index in [1.165, 1.54) is 83.5 Å². The molecule has 0 aromatic heterocycles. The van der Waals surface area contributed by atoms with E-state index >= 15 is 0 Å². The van der Waals surface area contributed by atoms with E-state index < -0.39 is 0 Å². The molecule has 25 heavy (non-hydrogen) atoms. The predicted octanol–water partition coefficient (Wildman–Crippen LogP) is 7.16. The number of hydrogen-bond acceptors (Lipinski definition) is 1. The van der Waals surface area contributed by atoms with Gasteiger partial charge in [0.15, 0.2) is 0 Å². The molecule has 0 aromatic carbocycles. The smallest absolute Gasteiger partial charge is 0.0572 e. The Hall–Kier alpha value is -0.300. The van der Waals surface area contributed by atoms with Gasteiger partial charge in [-0.1, -0.05) is 38.8 Å². The summed E-state index contributed by atoms with van der Waals surface area (Å²) in [6.07, 6.45) is 24.2. The van der Waals surface area contributed by atoms with Crippen LogP contribution in [0.1, 0.15) is 97.3 Å². The summed E-state index contributed by atoms with van der Waals surface area (Å²) in [5, 5.41) is 0. The molecule has 0 radical (unpaired) electrons. The van der Waals surface area contributed by atoms with Crippen LogP contribution >= 0.6 is 0 Å². The predicted molar refractivity (Wildman–Crippen MR) is 108 cm³/mol. The van der Waals surface area contributed by atoms with E-state index in [4.69, 9.17) is 4.74 Å². The van der Waals surface area contributed by atoms with Gasteiger partial charge in [0.25, 0.3) is 0 Å². The van der Waals surface area contributed by atoms with Crippen LogP contribution in [0.15, 0.2) is 12.2 Å². The van der Waals surface area contributed by atoms with Crippen molar-refractivity contribution in [2.45, 2.75) is 103 Å². The molecular weight excluding hydrogens is 304 g/mol. The van der Waals surface area contributed by atoms with Gasteiger partial charge in [0.2, 0.25) is 0 Å². The first-order chi connectivity index (χ1) is 12.3. The molecule has 144 valence electrons. The average Bonchev–Trinajstić information content (AvgIpc) is 2.68. The second-order valence-electron chi connectivity index (χ2n) is 9.33. The van der Waals surface area contributed by atoms with E-state index in [0.717, 1.165) is 36.2 Å². The standard InChI is InChI=1S/C24H42O/c1-3-5-19-6-8-20(9-7-19)10-11-21-12-14-22(15-13-21)23-16-17-24(4-2)25-18-23/h10-11,19-24H,3-9,12-18H2,1-2H3. The van der Waals surface area contributed by atoms with E-state index in [9.17, 15) is 0 Å². The molecule has 3 rings (SSSR count). The first kappa shape index (κ1) is 19.5. The molecule has 1 aliphatic heterocycles. The lowest BCUT2D eigenvalue weighted by Gasteiger charge is -2.37. The fourth-order valence-electron chi connectivity index (χ4n) is 5.72. The number of ether oxygens (including phenoxy) is 1. The number of rotatable bonds is 6. The van der Waals surface area contributed by atoms with Crippen LogP contribution in [0.25, 0.3) is 0 Å². The lowest BCUT2D eigenvalue weighted by molar-refractivity contribution is -0.0390. The van der Waals surface area contributed by atoms with E-state index in [1.807, 2.05) is 0 Å². The van der Waals surface area contributed by atoms with E-state index in [1.54, 1.807) is 0 Å². The Bertz CT molecular complexity index is 377. The van der Waals surface area contributed by atoms with Gasteiger partial charge in [-0.25, -0.2) is 0 Å². The van der Waals surface area contributed by atoms with Crippen LogP contribution in [0.2, 0.25) is 0 Å². The van der Waals surface area contributed by atoms with Crippen LogP contribution in [0.5, 0.6) is 0 Å². The summed E-state index contributed by atoms with van der Waals surface area (Å²) in [4.78, 5) is 0. The fraction of sp³-hybridized carbons (Fsp3) is 0.917. The number of allylic oxidation sites excluding steroid dienone is 2. The zero-order valence-electron chi connectivity index (χ0n) is 16.9. The first-order valence-electron chi connectivity index (χ1n) is 11.6. The van der Waals surface area contributed by atoms with Crippen molar-refractivity contribution in [1.29, 1.82) is 0 Å². The van der Waals surface area contributed by atoms with Crippen molar-refractivity contribution in [3.05, 3.63) is 12.2 Å². The second kappa shape index (κ2) is 10.1. The average molecular weight is 347 g/mol. The van der Waals surface area contributed by atoms with Crippen molar-refractivity contribution in [2.24, 2.45) is 29.6 Å². The van der Waals surface area contributed by atoms with E-state index in [0.29, 0.717) is 6.10 Å². The van der Waals surface area contributed by atoms with Gasteiger partial charge in [-0.3, -0.25) is 0 Å². The molecule has 3 aliphatic rings. The molecule has 1 saturated heterocycles. The summed E-state index contributed by atoms with van der Waals surface area (Å²) >= 11 is 0. The maximum atomic E-state index is 6.06. The summed E-state index contributed by atoms with van der Waals surface area (Å²) in [5.41, 5.74) is 0. The Kier molecular flexibility index (Phi) is 7.90. The maximum Gasteiger partial charge on any atom is 0.0572 e. The molecule has 2 saturated carbocycles. The highest BCUT2D eigenvalue weighted by atomic mass is 16.5. The molecule has 1 heteroatoms. The third-order valence-electron chi connectivity index (χ3n) is 7.59. The van der Waals surface area contributed by atoms with Crippen LogP contribution in [0, 0.1) is 29.6 Å². The van der Waals surface area contributed by atoms with Crippen molar-refractivity contribution in [1.82, 2.24) is 0 Å². The summed E-state index contributed by atoms with van der Waals surface area (Å²) in [5.74, 6) is 4.62. The monoisotopic (exact) mass is 346 g/mol. The van der Waals surface area contributed by atoms with Crippen molar-refractivity contribution in [3.8, 4) is 0 Å².